The van der Waals surface area contributed by atoms with Gasteiger partial charge < -0.3 is 15.9 Å². The molecular formula is C17H18N8O2S. The van der Waals surface area contributed by atoms with Crippen molar-refractivity contribution in [1.82, 2.24) is 19.9 Å². The topological polar surface area (TPSA) is 132 Å². The highest BCUT2D eigenvalue weighted by molar-refractivity contribution is 7.99. The highest BCUT2D eigenvalue weighted by Gasteiger charge is 2.13. The molecule has 0 aliphatic carbocycles. The average Bonchev–Trinajstić information content (AvgIpc) is 3.07. The largest absolute Gasteiger partial charge is 0.495 e. The number of carbonyl (C=O) groups is 1. The number of thioether (sulfide) groups is 1. The second-order valence-corrected chi connectivity index (χ2v) is 6.31. The molecule has 3 aromatic rings. The number of hydrogen-bond donors (Lipinski definition) is 3. The van der Waals surface area contributed by atoms with Gasteiger partial charge in [0.15, 0.2) is 0 Å². The van der Waals surface area contributed by atoms with Gasteiger partial charge in [-0.05, 0) is 18.2 Å². The molecule has 0 aliphatic rings. The van der Waals surface area contributed by atoms with Gasteiger partial charge >= 0.3 is 0 Å². The second-order valence-electron chi connectivity index (χ2n) is 5.37. The van der Waals surface area contributed by atoms with Crippen LogP contribution in [0.1, 0.15) is 5.56 Å². The van der Waals surface area contributed by atoms with E-state index in [9.17, 15) is 4.79 Å². The van der Waals surface area contributed by atoms with Crippen LogP contribution in [0.3, 0.4) is 0 Å². The second kappa shape index (κ2) is 9.37. The number of hydrazone groups is 1. The lowest BCUT2D eigenvalue weighted by molar-refractivity contribution is -0.113. The first-order valence-corrected chi connectivity index (χ1v) is 9.11. The normalized spacial score (nSPS) is 10.8. The van der Waals surface area contributed by atoms with Gasteiger partial charge in [0.1, 0.15) is 5.75 Å². The number of carbonyl (C=O) groups excluding carboxylic acids is 1. The number of rotatable bonds is 8. The molecule has 28 heavy (non-hydrogen) atoms. The van der Waals surface area contributed by atoms with E-state index in [0.717, 1.165) is 17.3 Å². The lowest BCUT2D eigenvalue weighted by atomic mass is 10.3. The molecule has 0 bridgehead atoms. The number of aromatic nitrogens is 4. The number of methoxy groups -OCH3 is 1. The van der Waals surface area contributed by atoms with E-state index >= 15 is 0 Å². The zero-order valence-corrected chi connectivity index (χ0v) is 15.8. The summed E-state index contributed by atoms with van der Waals surface area (Å²) in [5.74, 6) is 6.65. The van der Waals surface area contributed by atoms with Crippen LogP contribution in [0.25, 0.3) is 0 Å². The van der Waals surface area contributed by atoms with Gasteiger partial charge in [0, 0.05) is 18.0 Å². The van der Waals surface area contributed by atoms with Crippen LogP contribution in [-0.4, -0.2) is 44.8 Å². The van der Waals surface area contributed by atoms with Crippen molar-refractivity contribution in [2.75, 3.05) is 29.4 Å². The predicted octanol–water partition coefficient (Wildman–Crippen LogP) is 1.57. The van der Waals surface area contributed by atoms with Crippen molar-refractivity contribution in [2.24, 2.45) is 5.10 Å². The first-order chi connectivity index (χ1) is 13.7. The van der Waals surface area contributed by atoms with Crippen LogP contribution in [0.15, 0.2) is 59.0 Å². The molecule has 0 unspecified atom stereocenters. The third-order valence-electron chi connectivity index (χ3n) is 3.44. The molecule has 2 heterocycles. The van der Waals surface area contributed by atoms with Crippen LogP contribution in [-0.2, 0) is 4.79 Å². The van der Waals surface area contributed by atoms with Crippen molar-refractivity contribution < 1.29 is 9.53 Å². The van der Waals surface area contributed by atoms with Gasteiger partial charge in [-0.2, -0.15) is 5.10 Å². The van der Waals surface area contributed by atoms with E-state index in [2.05, 4.69) is 31.0 Å². The Labute approximate surface area is 165 Å². The standard InChI is InChI=1S/C17H18N8O2S/c1-27-14-7-3-2-6-13(14)21-15(26)11-28-17-24-23-16(25(17)18)22-20-10-12-5-4-8-19-9-12/h2-10H,11,18H2,1H3,(H,21,26)(H,22,23)/b20-10+. The van der Waals surface area contributed by atoms with Gasteiger partial charge in [-0.25, -0.2) is 10.1 Å². The Morgan fingerprint density at radius 1 is 1.32 bits per heavy atom. The fourth-order valence-electron chi connectivity index (χ4n) is 2.13. The summed E-state index contributed by atoms with van der Waals surface area (Å²) in [6.07, 6.45) is 4.92. The first-order valence-electron chi connectivity index (χ1n) is 8.12. The van der Waals surface area contributed by atoms with Crippen molar-refractivity contribution >= 4 is 35.5 Å². The minimum absolute atomic E-state index is 0.104. The van der Waals surface area contributed by atoms with Crippen LogP contribution >= 0.6 is 11.8 Å². The number of nitrogen functional groups attached to an aromatic ring is 1. The van der Waals surface area contributed by atoms with Crippen LogP contribution in [0, 0.1) is 0 Å². The van der Waals surface area contributed by atoms with Crippen molar-refractivity contribution in [1.29, 1.82) is 0 Å². The van der Waals surface area contributed by atoms with E-state index in [4.69, 9.17) is 10.6 Å². The molecule has 0 radical (unpaired) electrons. The van der Waals surface area contributed by atoms with Crippen molar-refractivity contribution in [3.05, 3.63) is 54.4 Å². The van der Waals surface area contributed by atoms with E-state index in [1.54, 1.807) is 43.9 Å². The summed E-state index contributed by atoms with van der Waals surface area (Å²) in [5.41, 5.74) is 4.11. The SMILES string of the molecule is COc1ccccc1NC(=O)CSc1nnc(N/N=C/c2cccnc2)n1N. The zero-order valence-electron chi connectivity index (χ0n) is 14.9. The van der Waals surface area contributed by atoms with E-state index < -0.39 is 0 Å². The maximum absolute atomic E-state index is 12.2. The van der Waals surface area contributed by atoms with Crippen LogP contribution in [0.4, 0.5) is 11.6 Å². The number of nitrogens with zero attached hydrogens (tertiary/aromatic N) is 5. The Kier molecular flexibility index (Phi) is 6.41. The maximum atomic E-state index is 12.2. The van der Waals surface area contributed by atoms with Gasteiger partial charge in [0.25, 0.3) is 5.95 Å². The lowest BCUT2D eigenvalue weighted by Crippen LogP contribution is -2.17. The van der Waals surface area contributed by atoms with E-state index in [-0.39, 0.29) is 17.6 Å². The molecule has 11 heteroatoms. The van der Waals surface area contributed by atoms with Crippen LogP contribution in [0.2, 0.25) is 0 Å². The Bertz CT molecular complexity index is 961. The Morgan fingerprint density at radius 3 is 2.96 bits per heavy atom. The number of pyridine rings is 1. The van der Waals surface area contributed by atoms with Crippen LogP contribution in [0.5, 0.6) is 5.75 Å². The Balaban J connectivity index is 1.54. The number of para-hydroxylation sites is 2. The molecule has 4 N–H and O–H groups in total. The third-order valence-corrected chi connectivity index (χ3v) is 4.38. The van der Waals surface area contributed by atoms with Gasteiger partial charge in [0.05, 0.1) is 24.8 Å². The van der Waals surface area contributed by atoms with Crippen LogP contribution < -0.4 is 21.3 Å². The summed E-state index contributed by atoms with van der Waals surface area (Å²) in [4.78, 5) is 16.2. The quantitative estimate of drug-likeness (QED) is 0.225. The fraction of sp³-hybridized carbons (Fsp3) is 0.118. The molecule has 0 aliphatic heterocycles. The maximum Gasteiger partial charge on any atom is 0.264 e. The first kappa shape index (κ1) is 19.2. The minimum atomic E-state index is -0.221. The number of hydrogen-bond acceptors (Lipinski definition) is 9. The fourth-order valence-corrected chi connectivity index (χ4v) is 2.79. The molecule has 0 saturated heterocycles. The van der Waals surface area contributed by atoms with Crippen molar-refractivity contribution in [2.45, 2.75) is 5.16 Å². The molecule has 10 nitrogen and oxygen atoms in total. The minimum Gasteiger partial charge on any atom is -0.495 e. The number of amides is 1. The highest BCUT2D eigenvalue weighted by atomic mass is 32.2. The Morgan fingerprint density at radius 2 is 2.18 bits per heavy atom. The number of ether oxygens (including phenoxy) is 1. The zero-order chi connectivity index (χ0) is 19.8. The summed E-state index contributed by atoms with van der Waals surface area (Å²) in [7, 11) is 1.54. The summed E-state index contributed by atoms with van der Waals surface area (Å²) >= 11 is 1.15. The predicted molar refractivity (Wildman–Crippen MR) is 108 cm³/mol. The molecule has 3 rings (SSSR count). The Hall–Kier alpha value is -3.60. The molecule has 1 aromatic carbocycles. The molecular weight excluding hydrogens is 380 g/mol. The average molecular weight is 398 g/mol. The summed E-state index contributed by atoms with van der Waals surface area (Å²) < 4.78 is 6.43. The van der Waals surface area contributed by atoms with Crippen molar-refractivity contribution in [3.63, 3.8) is 0 Å². The molecule has 2 aromatic heterocycles. The van der Waals surface area contributed by atoms with Gasteiger partial charge in [-0.1, -0.05) is 30.0 Å². The number of benzene rings is 1. The third kappa shape index (κ3) is 4.98. The van der Waals surface area contributed by atoms with E-state index in [1.807, 2.05) is 18.2 Å². The van der Waals surface area contributed by atoms with Gasteiger partial charge in [-0.3, -0.25) is 9.78 Å². The van der Waals surface area contributed by atoms with Crippen molar-refractivity contribution in [3.8, 4) is 5.75 Å². The van der Waals surface area contributed by atoms with Gasteiger partial charge in [0.2, 0.25) is 11.1 Å². The molecule has 0 atom stereocenters. The molecule has 0 saturated carbocycles. The van der Waals surface area contributed by atoms with Gasteiger partial charge in [-0.15, -0.1) is 10.2 Å². The summed E-state index contributed by atoms with van der Waals surface area (Å²) in [6.45, 7) is 0. The summed E-state index contributed by atoms with van der Waals surface area (Å²) in [5, 5.41) is 15.1. The van der Waals surface area contributed by atoms with E-state index in [1.165, 1.54) is 4.68 Å². The number of anilines is 2. The summed E-state index contributed by atoms with van der Waals surface area (Å²) in [6, 6.07) is 10.8. The van der Waals surface area contributed by atoms with E-state index in [0.29, 0.717) is 16.6 Å². The lowest BCUT2D eigenvalue weighted by Gasteiger charge is -2.09. The number of nitrogens with two attached hydrogens (primary N) is 1. The molecule has 1 amide bonds. The monoisotopic (exact) mass is 398 g/mol. The molecule has 144 valence electrons. The molecule has 0 fully saturated rings. The molecule has 0 spiro atoms. The highest BCUT2D eigenvalue weighted by Crippen LogP contribution is 2.24. The number of nitrogens with one attached hydrogen (secondary N) is 2. The smallest absolute Gasteiger partial charge is 0.264 e.